The average Bonchev–Trinajstić information content (AvgIpc) is 2.79. The summed E-state index contributed by atoms with van der Waals surface area (Å²) in [6, 6.07) is 6.82. The van der Waals surface area contributed by atoms with Crippen molar-refractivity contribution in [2.45, 2.75) is 18.5 Å². The summed E-state index contributed by atoms with van der Waals surface area (Å²) in [7, 11) is 0. The smallest absolute Gasteiger partial charge is 0.153 e. The molecule has 96 valence electrons. The van der Waals surface area contributed by atoms with Gasteiger partial charge in [-0.1, -0.05) is 41.0 Å². The lowest BCUT2D eigenvalue weighted by Crippen LogP contribution is -2.32. The molecule has 7 heteroatoms. The molecule has 1 heterocycles. The molecule has 0 radical (unpaired) electrons. The summed E-state index contributed by atoms with van der Waals surface area (Å²) in [5, 5.41) is 8.66. The Labute approximate surface area is 115 Å². The molecule has 18 heavy (non-hydrogen) atoms. The summed E-state index contributed by atoms with van der Waals surface area (Å²) in [6.07, 6.45) is 1.44. The monoisotopic (exact) mass is 286 g/mol. The summed E-state index contributed by atoms with van der Waals surface area (Å²) < 4.78 is 1.36. The average molecular weight is 287 g/mol. The molecule has 0 bridgehead atoms. The van der Waals surface area contributed by atoms with Crippen LogP contribution in [-0.4, -0.2) is 27.9 Å². The molecule has 0 amide bonds. The number of alkyl halides is 1. The van der Waals surface area contributed by atoms with E-state index < -0.39 is 11.5 Å². The summed E-state index contributed by atoms with van der Waals surface area (Å²) in [6.45, 7) is 2.24. The van der Waals surface area contributed by atoms with E-state index in [4.69, 9.17) is 23.4 Å². The van der Waals surface area contributed by atoms with Crippen LogP contribution in [0.25, 0.3) is 0 Å². The van der Waals surface area contributed by atoms with Crippen molar-refractivity contribution in [3.05, 3.63) is 40.3 Å². The molecule has 0 fully saturated rings. The highest BCUT2D eigenvalue weighted by Gasteiger charge is 2.31. The molecule has 0 saturated carbocycles. The maximum absolute atomic E-state index is 11.1. The van der Waals surface area contributed by atoms with Gasteiger partial charge in [0.2, 0.25) is 0 Å². The Bertz CT molecular complexity index is 468. The van der Waals surface area contributed by atoms with Crippen LogP contribution in [0.15, 0.2) is 34.5 Å². The van der Waals surface area contributed by atoms with Gasteiger partial charge in [-0.3, -0.25) is 9.43 Å². The predicted molar refractivity (Wildman–Crippen MR) is 72.2 cm³/mol. The first-order valence-corrected chi connectivity index (χ1v) is 6.16. The van der Waals surface area contributed by atoms with Crippen LogP contribution in [0.4, 0.5) is 0 Å². The predicted octanol–water partition coefficient (Wildman–Crippen LogP) is 3.04. The van der Waals surface area contributed by atoms with Gasteiger partial charge in [0.25, 0.3) is 0 Å². The van der Waals surface area contributed by atoms with Gasteiger partial charge < -0.3 is 0 Å². The van der Waals surface area contributed by atoms with Crippen molar-refractivity contribution in [3.63, 3.8) is 0 Å². The number of nitroso groups, excluding NO2 is 1. The number of hydrazone groups is 1. The summed E-state index contributed by atoms with van der Waals surface area (Å²) in [5.41, 5.74) is 1.11. The first-order chi connectivity index (χ1) is 8.63. The number of benzene rings is 1. The third-order valence-corrected chi connectivity index (χ3v) is 3.43. The zero-order valence-corrected chi connectivity index (χ0v) is 11.2. The van der Waals surface area contributed by atoms with E-state index in [0.29, 0.717) is 6.67 Å². The van der Waals surface area contributed by atoms with E-state index in [2.05, 4.69) is 10.3 Å². The van der Waals surface area contributed by atoms with Crippen molar-refractivity contribution in [1.82, 2.24) is 9.43 Å². The molecular weight excluding hydrogens is 275 g/mol. The molecule has 1 aliphatic heterocycles. The van der Waals surface area contributed by atoms with E-state index in [1.807, 2.05) is 31.2 Å². The fourth-order valence-corrected chi connectivity index (χ4v) is 2.25. The molecule has 1 aliphatic rings. The van der Waals surface area contributed by atoms with Crippen molar-refractivity contribution in [3.8, 4) is 0 Å². The molecule has 1 aromatic rings. The fourth-order valence-electron chi connectivity index (χ4n) is 1.81. The van der Waals surface area contributed by atoms with Crippen molar-refractivity contribution >= 4 is 29.7 Å². The topological polar surface area (TPSA) is 48.3 Å². The Morgan fingerprint density at radius 1 is 1.44 bits per heavy atom. The molecule has 2 atom stereocenters. The van der Waals surface area contributed by atoms with E-state index >= 15 is 0 Å². The number of nitrogens with zero attached hydrogens (tertiary/aromatic N) is 4. The van der Waals surface area contributed by atoms with Crippen LogP contribution >= 0.6 is 23.4 Å². The Kier molecular flexibility index (Phi) is 4.04. The molecule has 0 aromatic heterocycles. The fraction of sp³-hybridized carbons (Fsp3) is 0.364. The lowest BCUT2D eigenvalue weighted by atomic mass is 10.0. The van der Waals surface area contributed by atoms with E-state index in [1.165, 1.54) is 15.8 Å². The Balaban J connectivity index is 2.21. The normalized spacial score (nSPS) is 17.9. The zero-order valence-electron chi connectivity index (χ0n) is 9.70. The van der Waals surface area contributed by atoms with Crippen LogP contribution < -0.4 is 0 Å². The van der Waals surface area contributed by atoms with Gasteiger partial charge >= 0.3 is 0 Å². The van der Waals surface area contributed by atoms with E-state index in [0.717, 1.165) is 11.1 Å². The van der Waals surface area contributed by atoms with Crippen LogP contribution in [0, 0.1) is 11.8 Å². The number of halogens is 2. The van der Waals surface area contributed by atoms with E-state index in [1.54, 1.807) is 0 Å². The van der Waals surface area contributed by atoms with Crippen molar-refractivity contribution in [1.29, 1.82) is 0 Å². The second-order valence-electron chi connectivity index (χ2n) is 3.99. The van der Waals surface area contributed by atoms with Gasteiger partial charge in [0.1, 0.15) is 13.0 Å². The Morgan fingerprint density at radius 3 is 2.72 bits per heavy atom. The Hall–Kier alpha value is -1.33. The van der Waals surface area contributed by atoms with Gasteiger partial charge in [-0.2, -0.15) is 10.0 Å². The highest BCUT2D eigenvalue weighted by molar-refractivity contribution is 6.21. The van der Waals surface area contributed by atoms with Crippen LogP contribution in [0.2, 0.25) is 0 Å². The van der Waals surface area contributed by atoms with E-state index in [9.17, 15) is 4.91 Å². The SMILES string of the molecule is Cc1ccccc1C(N=O)C(Cl)N1CN(Cl)C=N1. The van der Waals surface area contributed by atoms with Gasteiger partial charge in [-0.05, 0) is 18.1 Å². The van der Waals surface area contributed by atoms with Crippen molar-refractivity contribution in [2.24, 2.45) is 10.3 Å². The number of hydrogen-bond donors (Lipinski definition) is 0. The van der Waals surface area contributed by atoms with E-state index in [-0.39, 0.29) is 0 Å². The highest BCUT2D eigenvalue weighted by Crippen LogP contribution is 2.31. The van der Waals surface area contributed by atoms with Gasteiger partial charge in [-0.15, -0.1) is 0 Å². The van der Waals surface area contributed by atoms with Gasteiger partial charge in [0.05, 0.1) is 0 Å². The second kappa shape index (κ2) is 5.54. The van der Waals surface area contributed by atoms with Gasteiger partial charge in [-0.25, -0.2) is 0 Å². The van der Waals surface area contributed by atoms with Crippen molar-refractivity contribution < 1.29 is 0 Å². The standard InChI is InChI=1S/C11H12Cl2N4O/c1-8-4-2-3-5-9(8)10(15-18)11(12)17-7-16(13)6-14-17/h2-6,10-11H,7H2,1H3. The summed E-state index contributed by atoms with van der Waals surface area (Å²) in [5.74, 6) is 0. The number of hydrogen-bond acceptors (Lipinski definition) is 5. The largest absolute Gasteiger partial charge is 0.254 e. The van der Waals surface area contributed by atoms with Crippen molar-refractivity contribution in [2.75, 3.05) is 6.67 Å². The molecule has 0 aliphatic carbocycles. The first-order valence-electron chi connectivity index (χ1n) is 5.38. The molecule has 2 unspecified atom stereocenters. The molecule has 1 aromatic carbocycles. The summed E-state index contributed by atoms with van der Waals surface area (Å²) >= 11 is 12.0. The number of rotatable bonds is 4. The minimum absolute atomic E-state index is 0.327. The molecule has 0 N–H and O–H groups in total. The molecule has 0 spiro atoms. The van der Waals surface area contributed by atoms with Gasteiger partial charge in [0.15, 0.2) is 11.5 Å². The third kappa shape index (κ3) is 2.57. The molecule has 0 saturated heterocycles. The Morgan fingerprint density at radius 2 is 2.17 bits per heavy atom. The third-order valence-electron chi connectivity index (χ3n) is 2.77. The lowest BCUT2D eigenvalue weighted by Gasteiger charge is -2.25. The second-order valence-corrected chi connectivity index (χ2v) is 4.87. The van der Waals surface area contributed by atoms with Crippen LogP contribution in [-0.2, 0) is 0 Å². The maximum atomic E-state index is 11.1. The van der Waals surface area contributed by atoms with Gasteiger partial charge in [0, 0.05) is 11.8 Å². The van der Waals surface area contributed by atoms with Crippen LogP contribution in [0.5, 0.6) is 0 Å². The first kappa shape index (κ1) is 13.1. The highest BCUT2D eigenvalue weighted by atomic mass is 35.5. The van der Waals surface area contributed by atoms with Crippen LogP contribution in [0.1, 0.15) is 17.2 Å². The van der Waals surface area contributed by atoms with Crippen LogP contribution in [0.3, 0.4) is 0 Å². The quantitative estimate of drug-likeness (QED) is 0.370. The number of aryl methyl sites for hydroxylation is 1. The molecule has 5 nitrogen and oxygen atoms in total. The minimum atomic E-state index is -0.687. The summed E-state index contributed by atoms with van der Waals surface area (Å²) in [4.78, 5) is 11.1. The molecular formula is C11H12Cl2N4O. The minimum Gasteiger partial charge on any atom is -0.254 e. The maximum Gasteiger partial charge on any atom is 0.153 e. The lowest BCUT2D eigenvalue weighted by molar-refractivity contribution is 0.232. The molecule has 2 rings (SSSR count). The zero-order chi connectivity index (χ0) is 13.1.